The Labute approximate surface area is 211 Å². The maximum atomic E-state index is 11.2. The predicted molar refractivity (Wildman–Crippen MR) is 138 cm³/mol. The van der Waals surface area contributed by atoms with Crippen molar-refractivity contribution in [1.82, 2.24) is 9.55 Å². The third-order valence-electron chi connectivity index (χ3n) is 4.78. The number of para-hydroxylation sites is 1. The Morgan fingerprint density at radius 2 is 1.44 bits per heavy atom. The van der Waals surface area contributed by atoms with Crippen LogP contribution in [0.5, 0.6) is 0 Å². The number of nitrogens with zero attached hydrogens (tertiary/aromatic N) is 2. The van der Waals surface area contributed by atoms with Crippen molar-refractivity contribution < 1.29 is 19.8 Å². The Balaban J connectivity index is 0.000000166. The van der Waals surface area contributed by atoms with Gasteiger partial charge in [-0.15, -0.1) is 22.7 Å². The largest absolute Gasteiger partial charge is 0.478 e. The van der Waals surface area contributed by atoms with Crippen LogP contribution in [0.4, 0.5) is 0 Å². The van der Waals surface area contributed by atoms with Crippen LogP contribution < -0.4 is 0 Å². The van der Waals surface area contributed by atoms with E-state index in [-0.39, 0.29) is 5.56 Å². The number of imidazole rings is 1. The van der Waals surface area contributed by atoms with Crippen LogP contribution in [0.2, 0.25) is 0 Å². The summed E-state index contributed by atoms with van der Waals surface area (Å²) < 4.78 is 2.37. The minimum Gasteiger partial charge on any atom is -0.478 e. The average Bonchev–Trinajstić information content (AvgIpc) is 3.62. The lowest BCUT2D eigenvalue weighted by atomic mass is 10.1. The van der Waals surface area contributed by atoms with Crippen molar-refractivity contribution in [3.8, 4) is 26.7 Å². The van der Waals surface area contributed by atoms with Gasteiger partial charge in [-0.3, -0.25) is 0 Å². The van der Waals surface area contributed by atoms with Crippen LogP contribution in [0.1, 0.15) is 20.7 Å². The van der Waals surface area contributed by atoms with Crippen molar-refractivity contribution in [2.45, 2.75) is 0 Å². The van der Waals surface area contributed by atoms with Gasteiger partial charge >= 0.3 is 11.9 Å². The molecular weight excluding hydrogens is 536 g/mol. The molecule has 2 N–H and O–H groups in total. The Morgan fingerprint density at radius 3 is 2.09 bits per heavy atom. The van der Waals surface area contributed by atoms with E-state index < -0.39 is 11.9 Å². The highest BCUT2D eigenvalue weighted by Crippen LogP contribution is 2.33. The Bertz CT molecular complexity index is 1430. The average molecular weight is 553 g/mol. The molecule has 6 nitrogen and oxygen atoms in total. The van der Waals surface area contributed by atoms with Crippen molar-refractivity contribution >= 4 is 50.5 Å². The fourth-order valence-electron chi connectivity index (χ4n) is 3.21. The molecule has 9 heteroatoms. The third-order valence-corrected chi connectivity index (χ3v) is 7.43. The van der Waals surface area contributed by atoms with Gasteiger partial charge in [-0.05, 0) is 57.0 Å². The molecule has 0 aliphatic rings. The second-order valence-corrected chi connectivity index (χ2v) is 9.60. The molecule has 0 spiro atoms. The molecule has 0 radical (unpaired) electrons. The number of aromatic nitrogens is 2. The highest BCUT2D eigenvalue weighted by atomic mass is 79.9. The molecule has 0 aliphatic heterocycles. The van der Waals surface area contributed by atoms with E-state index in [1.807, 2.05) is 53.4 Å². The molecule has 0 fully saturated rings. The van der Waals surface area contributed by atoms with Gasteiger partial charge in [0.2, 0.25) is 0 Å². The van der Waals surface area contributed by atoms with E-state index >= 15 is 0 Å². The first-order valence-corrected chi connectivity index (χ1v) is 12.5. The van der Waals surface area contributed by atoms with Crippen LogP contribution in [0.15, 0.2) is 94.5 Å². The van der Waals surface area contributed by atoms with Crippen LogP contribution in [0, 0.1) is 0 Å². The van der Waals surface area contributed by atoms with Gasteiger partial charge in [-0.1, -0.05) is 36.4 Å². The van der Waals surface area contributed by atoms with Gasteiger partial charge in [0.25, 0.3) is 0 Å². The second kappa shape index (κ2) is 10.6. The zero-order valence-corrected chi connectivity index (χ0v) is 20.7. The van der Waals surface area contributed by atoms with Crippen LogP contribution >= 0.6 is 38.6 Å². The van der Waals surface area contributed by atoms with Crippen LogP contribution in [0.3, 0.4) is 0 Å². The summed E-state index contributed by atoms with van der Waals surface area (Å²) in [6.45, 7) is 0. The molecule has 0 saturated heterocycles. The first kappa shape index (κ1) is 23.6. The number of carboxylic acids is 2. The SMILES string of the molecule is O=C(O)c1cccc(-c2cccs2)c1Br.O=C(O)c1ccccc1-n1cnc(-c2cccs2)c1. The summed E-state index contributed by atoms with van der Waals surface area (Å²) in [5, 5.41) is 22.1. The number of thiophene rings is 2. The molecule has 3 aromatic heterocycles. The number of hydrogen-bond donors (Lipinski definition) is 2. The van der Waals surface area contributed by atoms with Crippen molar-refractivity contribution in [2.24, 2.45) is 0 Å². The van der Waals surface area contributed by atoms with Crippen molar-refractivity contribution in [3.63, 3.8) is 0 Å². The molecule has 34 heavy (non-hydrogen) atoms. The molecular formula is C25H17BrN2O4S2. The molecule has 170 valence electrons. The van der Waals surface area contributed by atoms with Crippen LogP contribution in [-0.4, -0.2) is 31.7 Å². The highest BCUT2D eigenvalue weighted by Gasteiger charge is 2.13. The number of carboxylic acid groups (broad SMARTS) is 2. The monoisotopic (exact) mass is 552 g/mol. The first-order chi connectivity index (χ1) is 16.5. The molecule has 5 aromatic rings. The standard InChI is InChI=1S/C14H10N2O2S.C11H7BrO2S/c17-14(18)10-4-1-2-5-12(10)16-8-11(15-9-16)13-6-3-7-19-13;12-10-7(9-5-2-6-15-9)3-1-4-8(10)11(13)14/h1-9H,(H,17,18);1-6H,(H,13,14). The third kappa shape index (κ3) is 5.17. The number of hydrogen-bond acceptors (Lipinski definition) is 5. The number of benzene rings is 2. The zero-order valence-electron chi connectivity index (χ0n) is 17.5. The topological polar surface area (TPSA) is 92.4 Å². The lowest BCUT2D eigenvalue weighted by molar-refractivity contribution is 0.0685. The fraction of sp³-hybridized carbons (Fsp3) is 0. The molecule has 0 aliphatic carbocycles. The van der Waals surface area contributed by atoms with Gasteiger partial charge in [-0.25, -0.2) is 14.6 Å². The summed E-state index contributed by atoms with van der Waals surface area (Å²) in [7, 11) is 0. The maximum Gasteiger partial charge on any atom is 0.337 e. The van der Waals surface area contributed by atoms with E-state index in [2.05, 4.69) is 20.9 Å². The Kier molecular flexibility index (Phi) is 7.36. The minimum absolute atomic E-state index is 0.262. The molecule has 0 amide bonds. The molecule has 5 rings (SSSR count). The van der Waals surface area contributed by atoms with Crippen LogP contribution in [0.25, 0.3) is 26.7 Å². The Morgan fingerprint density at radius 1 is 0.794 bits per heavy atom. The number of halogens is 1. The van der Waals surface area contributed by atoms with Gasteiger partial charge in [-0.2, -0.15) is 0 Å². The van der Waals surface area contributed by atoms with E-state index in [1.165, 1.54) is 0 Å². The summed E-state index contributed by atoms with van der Waals surface area (Å²) >= 11 is 6.52. The fourth-order valence-corrected chi connectivity index (χ4v) is 5.43. The minimum atomic E-state index is -0.943. The Hall–Kier alpha value is -3.53. The van der Waals surface area contributed by atoms with Gasteiger partial charge in [0.05, 0.1) is 33.7 Å². The van der Waals surface area contributed by atoms with E-state index in [4.69, 9.17) is 5.11 Å². The van der Waals surface area contributed by atoms with Crippen molar-refractivity contribution in [1.29, 1.82) is 0 Å². The lowest BCUT2D eigenvalue weighted by Crippen LogP contribution is -2.03. The number of carbonyl (C=O) groups is 2. The summed E-state index contributed by atoms with van der Waals surface area (Å²) in [4.78, 5) is 28.6. The van der Waals surface area contributed by atoms with E-state index in [0.29, 0.717) is 15.7 Å². The van der Waals surface area contributed by atoms with E-state index in [9.17, 15) is 14.7 Å². The molecule has 0 atom stereocenters. The molecule has 3 heterocycles. The smallest absolute Gasteiger partial charge is 0.337 e. The summed E-state index contributed by atoms with van der Waals surface area (Å²) in [5.41, 5.74) is 2.93. The normalized spacial score (nSPS) is 10.4. The maximum absolute atomic E-state index is 11.2. The quantitative estimate of drug-likeness (QED) is 0.241. The van der Waals surface area contributed by atoms with Gasteiger partial charge in [0.1, 0.15) is 0 Å². The zero-order chi connectivity index (χ0) is 24.1. The van der Waals surface area contributed by atoms with Gasteiger partial charge in [0, 0.05) is 21.1 Å². The molecule has 0 bridgehead atoms. The number of rotatable bonds is 5. The lowest BCUT2D eigenvalue weighted by Gasteiger charge is -2.05. The van der Waals surface area contributed by atoms with Crippen LogP contribution in [-0.2, 0) is 0 Å². The van der Waals surface area contributed by atoms with Crippen molar-refractivity contribution in [3.05, 3.63) is 106 Å². The molecule has 0 saturated carbocycles. The number of aromatic carboxylic acids is 2. The highest BCUT2D eigenvalue weighted by molar-refractivity contribution is 9.10. The molecule has 0 unspecified atom stereocenters. The summed E-state index contributed by atoms with van der Waals surface area (Å²) in [6, 6.07) is 20.0. The predicted octanol–water partition coefficient (Wildman–Crippen LogP) is 7.17. The summed E-state index contributed by atoms with van der Waals surface area (Å²) in [6.07, 6.45) is 3.48. The van der Waals surface area contributed by atoms with E-state index in [1.54, 1.807) is 63.9 Å². The van der Waals surface area contributed by atoms with Gasteiger partial charge < -0.3 is 14.8 Å². The van der Waals surface area contributed by atoms with E-state index in [0.717, 1.165) is 21.0 Å². The van der Waals surface area contributed by atoms with Gasteiger partial charge in [0.15, 0.2) is 0 Å². The molecule has 2 aromatic carbocycles. The second-order valence-electron chi connectivity index (χ2n) is 6.92. The van der Waals surface area contributed by atoms with Crippen molar-refractivity contribution in [2.75, 3.05) is 0 Å². The summed E-state index contributed by atoms with van der Waals surface area (Å²) in [5.74, 6) is -1.86. The first-order valence-electron chi connectivity index (χ1n) is 9.92.